The Morgan fingerprint density at radius 1 is 1.16 bits per heavy atom. The molecule has 1 amide bonds. The van der Waals surface area contributed by atoms with Gasteiger partial charge in [0.05, 0.1) is 35.7 Å². The summed E-state index contributed by atoms with van der Waals surface area (Å²) < 4.78 is 54.1. The molecule has 0 spiro atoms. The van der Waals surface area contributed by atoms with Crippen LogP contribution in [-0.4, -0.2) is 58.8 Å². The van der Waals surface area contributed by atoms with E-state index in [1.807, 2.05) is 0 Å². The molecule has 0 aliphatic carbocycles. The van der Waals surface area contributed by atoms with E-state index < -0.39 is 38.7 Å². The van der Waals surface area contributed by atoms with Crippen LogP contribution in [0.2, 0.25) is 5.02 Å². The number of anilines is 2. The number of carbonyl (C=O) groups is 1. The van der Waals surface area contributed by atoms with E-state index in [2.05, 4.69) is 0 Å². The molecule has 31 heavy (non-hydrogen) atoms. The number of nitrogens with zero attached hydrogens (tertiary/aromatic N) is 2. The first-order chi connectivity index (χ1) is 14.4. The molecule has 1 aliphatic heterocycles. The quantitative estimate of drug-likeness (QED) is 0.502. The van der Waals surface area contributed by atoms with Gasteiger partial charge in [-0.25, -0.2) is 8.42 Å². The van der Waals surface area contributed by atoms with Crippen molar-refractivity contribution in [2.75, 3.05) is 36.3 Å². The largest absolute Gasteiger partial charge is 0.399 e. The summed E-state index contributed by atoms with van der Waals surface area (Å²) in [7, 11) is -7.59. The van der Waals surface area contributed by atoms with Crippen LogP contribution in [0, 0.1) is 0 Å². The third-order valence-corrected chi connectivity index (χ3v) is 6.93. The standard InChI is InChI=1S/C19H22ClN3O6S2/c1-30(25,26)23-10-13-5-3-4-6-18(13)22(11-15(23)12-29-31(2,27)28)19(24)16-8-7-14(21)9-17(16)20/h3-9,15H,10-12,21H2,1-2H3/t15-/m0/s1. The Labute approximate surface area is 186 Å². The summed E-state index contributed by atoms with van der Waals surface area (Å²) in [6.07, 6.45) is 1.90. The fourth-order valence-corrected chi connectivity index (χ4v) is 5.09. The number of hydrogen-bond donors (Lipinski definition) is 1. The molecule has 2 aromatic rings. The molecule has 12 heteroatoms. The van der Waals surface area contributed by atoms with Gasteiger partial charge in [0.15, 0.2) is 0 Å². The van der Waals surface area contributed by atoms with Crippen molar-refractivity contribution < 1.29 is 25.8 Å². The van der Waals surface area contributed by atoms with Crippen LogP contribution in [-0.2, 0) is 30.9 Å². The smallest absolute Gasteiger partial charge is 0.264 e. The van der Waals surface area contributed by atoms with Gasteiger partial charge < -0.3 is 10.6 Å². The fraction of sp³-hybridized carbons (Fsp3) is 0.316. The molecule has 2 aromatic carbocycles. The van der Waals surface area contributed by atoms with Crippen molar-refractivity contribution in [2.45, 2.75) is 12.6 Å². The number of sulfonamides is 1. The van der Waals surface area contributed by atoms with E-state index in [1.54, 1.807) is 24.3 Å². The first kappa shape index (κ1) is 23.5. The van der Waals surface area contributed by atoms with E-state index in [-0.39, 0.29) is 23.7 Å². The SMILES string of the molecule is CS(=O)(=O)OC[C@@H]1CN(C(=O)c2ccc(N)cc2Cl)c2ccccc2CN1S(C)(=O)=O. The lowest BCUT2D eigenvalue weighted by Crippen LogP contribution is -2.48. The Balaban J connectivity index is 2.10. The number of hydrogen-bond acceptors (Lipinski definition) is 7. The number of halogens is 1. The van der Waals surface area contributed by atoms with E-state index in [0.29, 0.717) is 16.9 Å². The van der Waals surface area contributed by atoms with Crippen molar-refractivity contribution in [3.63, 3.8) is 0 Å². The molecule has 0 bridgehead atoms. The molecule has 1 aliphatic rings. The Hall–Kier alpha value is -2.18. The van der Waals surface area contributed by atoms with Crippen LogP contribution in [0.4, 0.5) is 11.4 Å². The monoisotopic (exact) mass is 487 g/mol. The Morgan fingerprint density at radius 3 is 2.45 bits per heavy atom. The van der Waals surface area contributed by atoms with Gasteiger partial charge in [-0.1, -0.05) is 29.8 Å². The number of amides is 1. The molecule has 1 heterocycles. The van der Waals surface area contributed by atoms with Crippen LogP contribution < -0.4 is 10.6 Å². The molecule has 168 valence electrons. The summed E-state index contributed by atoms with van der Waals surface area (Å²) in [6.45, 7) is -0.635. The maximum absolute atomic E-state index is 13.4. The van der Waals surface area contributed by atoms with Gasteiger partial charge in [-0.15, -0.1) is 0 Å². The normalized spacial score (nSPS) is 17.8. The van der Waals surface area contributed by atoms with Gasteiger partial charge in [-0.3, -0.25) is 8.98 Å². The number of nitrogen functional groups attached to an aromatic ring is 1. The van der Waals surface area contributed by atoms with Gasteiger partial charge in [0.25, 0.3) is 16.0 Å². The second-order valence-corrected chi connectivity index (χ2v) is 11.2. The van der Waals surface area contributed by atoms with Gasteiger partial charge in [0, 0.05) is 24.5 Å². The molecule has 0 saturated heterocycles. The van der Waals surface area contributed by atoms with Gasteiger partial charge in [0.1, 0.15) is 0 Å². The van der Waals surface area contributed by atoms with Gasteiger partial charge in [-0.2, -0.15) is 12.7 Å². The number of nitrogens with two attached hydrogens (primary N) is 1. The molecule has 2 N–H and O–H groups in total. The average Bonchev–Trinajstić information content (AvgIpc) is 2.82. The van der Waals surface area contributed by atoms with Crippen molar-refractivity contribution >= 4 is 49.0 Å². The molecule has 0 radical (unpaired) electrons. The average molecular weight is 488 g/mol. The minimum absolute atomic E-state index is 0.0496. The van der Waals surface area contributed by atoms with Crippen LogP contribution in [0.5, 0.6) is 0 Å². The van der Waals surface area contributed by atoms with Crippen LogP contribution >= 0.6 is 11.6 Å². The lowest BCUT2D eigenvalue weighted by molar-refractivity contribution is 0.0979. The maximum Gasteiger partial charge on any atom is 0.264 e. The first-order valence-corrected chi connectivity index (χ1v) is 13.2. The summed E-state index contributed by atoms with van der Waals surface area (Å²) in [6, 6.07) is 10.4. The molecule has 3 rings (SSSR count). The van der Waals surface area contributed by atoms with Crippen LogP contribution in [0.3, 0.4) is 0 Å². The Kier molecular flexibility index (Phi) is 6.63. The highest BCUT2D eigenvalue weighted by molar-refractivity contribution is 7.88. The molecule has 0 unspecified atom stereocenters. The van der Waals surface area contributed by atoms with Gasteiger partial charge in [-0.05, 0) is 29.8 Å². The maximum atomic E-state index is 13.4. The Bertz CT molecular complexity index is 1220. The van der Waals surface area contributed by atoms with E-state index in [9.17, 15) is 21.6 Å². The van der Waals surface area contributed by atoms with Crippen molar-refractivity contribution in [3.05, 3.63) is 58.6 Å². The lowest BCUT2D eigenvalue weighted by Gasteiger charge is -2.30. The molecule has 0 aromatic heterocycles. The number of fused-ring (bicyclic) bond motifs is 1. The van der Waals surface area contributed by atoms with Gasteiger partial charge in [0.2, 0.25) is 10.0 Å². The number of benzene rings is 2. The van der Waals surface area contributed by atoms with Crippen LogP contribution in [0.1, 0.15) is 15.9 Å². The number of rotatable bonds is 5. The van der Waals surface area contributed by atoms with Crippen molar-refractivity contribution in [1.29, 1.82) is 0 Å². The predicted molar refractivity (Wildman–Crippen MR) is 119 cm³/mol. The van der Waals surface area contributed by atoms with E-state index in [0.717, 1.165) is 16.8 Å². The van der Waals surface area contributed by atoms with E-state index in [4.69, 9.17) is 21.5 Å². The fourth-order valence-electron chi connectivity index (χ4n) is 3.37. The topological polar surface area (TPSA) is 127 Å². The summed E-state index contributed by atoms with van der Waals surface area (Å²) in [5.74, 6) is -0.475. The molecule has 0 fully saturated rings. The molecule has 9 nitrogen and oxygen atoms in total. The lowest BCUT2D eigenvalue weighted by atomic mass is 10.1. The van der Waals surface area contributed by atoms with Gasteiger partial charge >= 0.3 is 0 Å². The minimum atomic E-state index is -3.83. The Morgan fingerprint density at radius 2 is 1.84 bits per heavy atom. The zero-order valence-electron chi connectivity index (χ0n) is 16.9. The van der Waals surface area contributed by atoms with Crippen molar-refractivity contribution in [1.82, 2.24) is 4.31 Å². The molecule has 0 saturated carbocycles. The first-order valence-electron chi connectivity index (χ1n) is 9.13. The zero-order valence-corrected chi connectivity index (χ0v) is 19.2. The van der Waals surface area contributed by atoms with Crippen molar-refractivity contribution in [3.8, 4) is 0 Å². The third-order valence-electron chi connectivity index (χ3n) is 4.78. The second-order valence-electron chi connectivity index (χ2n) is 7.23. The zero-order chi connectivity index (χ0) is 23.0. The molecular formula is C19H22ClN3O6S2. The van der Waals surface area contributed by atoms with Crippen LogP contribution in [0.25, 0.3) is 0 Å². The predicted octanol–water partition coefficient (Wildman–Crippen LogP) is 1.69. The highest BCUT2D eigenvalue weighted by atomic mass is 35.5. The summed E-state index contributed by atoms with van der Waals surface area (Å²) >= 11 is 6.23. The summed E-state index contributed by atoms with van der Waals surface area (Å²) in [5.41, 5.74) is 7.37. The molecule has 1 atom stereocenters. The highest BCUT2D eigenvalue weighted by Gasteiger charge is 2.36. The highest BCUT2D eigenvalue weighted by Crippen LogP contribution is 2.31. The summed E-state index contributed by atoms with van der Waals surface area (Å²) in [5, 5.41) is 0.149. The summed E-state index contributed by atoms with van der Waals surface area (Å²) in [4.78, 5) is 14.8. The van der Waals surface area contributed by atoms with Crippen LogP contribution in [0.15, 0.2) is 42.5 Å². The number of para-hydroxylation sites is 1. The van der Waals surface area contributed by atoms with Crippen molar-refractivity contribution in [2.24, 2.45) is 0 Å². The third kappa shape index (κ3) is 5.55. The minimum Gasteiger partial charge on any atom is -0.399 e. The number of carbonyl (C=O) groups excluding carboxylic acids is 1. The van der Waals surface area contributed by atoms with E-state index in [1.165, 1.54) is 23.1 Å². The molecular weight excluding hydrogens is 466 g/mol. The second kappa shape index (κ2) is 8.75. The van der Waals surface area contributed by atoms with E-state index >= 15 is 0 Å².